The van der Waals surface area contributed by atoms with Gasteiger partial charge < -0.3 is 31.3 Å². The number of aryl methyl sites for hydroxylation is 1. The Bertz CT molecular complexity index is 1040. The second-order valence-electron chi connectivity index (χ2n) is 9.50. The standard InChI is InChI=1S/C27H37N5O3S/c1-3-32-26(35)22(17-29-20-11-9-19(10-12-20)13-16-31-14-4-5-15-31)36-27(32)23(28)25(34)30-24-18(2)7-6-8-21(24)33/h6-12,22-23,27,29,33H,3-5,13-17,28H2,1-2H3,(H,30,34)/t22-,23-,27?/m1/s1. The third-order valence-electron chi connectivity index (χ3n) is 6.98. The van der Waals surface area contributed by atoms with E-state index >= 15 is 0 Å². The lowest BCUT2D eigenvalue weighted by atomic mass is 10.1. The number of nitrogens with one attached hydrogen (secondary N) is 2. The predicted molar refractivity (Wildman–Crippen MR) is 146 cm³/mol. The lowest BCUT2D eigenvalue weighted by Crippen LogP contribution is -2.50. The van der Waals surface area contributed by atoms with Crippen molar-refractivity contribution >= 4 is 35.0 Å². The van der Waals surface area contributed by atoms with Gasteiger partial charge in [-0.25, -0.2) is 0 Å². The van der Waals surface area contributed by atoms with Crippen molar-refractivity contribution in [2.24, 2.45) is 5.73 Å². The molecule has 0 spiro atoms. The van der Waals surface area contributed by atoms with E-state index < -0.39 is 17.3 Å². The van der Waals surface area contributed by atoms with Gasteiger partial charge in [0, 0.05) is 25.3 Å². The average Bonchev–Trinajstić information content (AvgIpc) is 3.51. The van der Waals surface area contributed by atoms with E-state index in [0.29, 0.717) is 18.8 Å². The number of carbonyl (C=O) groups excluding carboxylic acids is 2. The number of nitrogens with two attached hydrogens (primary N) is 1. The van der Waals surface area contributed by atoms with Gasteiger partial charge in [0.05, 0.1) is 5.69 Å². The van der Waals surface area contributed by atoms with Gasteiger partial charge in [-0.1, -0.05) is 24.3 Å². The third-order valence-corrected chi connectivity index (χ3v) is 8.50. The van der Waals surface area contributed by atoms with Crippen LogP contribution in [0.15, 0.2) is 42.5 Å². The average molecular weight is 512 g/mol. The zero-order valence-corrected chi connectivity index (χ0v) is 21.9. The lowest BCUT2D eigenvalue weighted by Gasteiger charge is -2.26. The van der Waals surface area contributed by atoms with E-state index in [4.69, 9.17) is 5.73 Å². The Balaban J connectivity index is 1.32. The van der Waals surface area contributed by atoms with Crippen LogP contribution in [0, 0.1) is 6.92 Å². The van der Waals surface area contributed by atoms with Crippen molar-refractivity contribution in [2.45, 2.75) is 49.8 Å². The van der Waals surface area contributed by atoms with Gasteiger partial charge in [0.2, 0.25) is 11.8 Å². The number of amides is 2. The number of phenols is 1. The molecule has 2 heterocycles. The van der Waals surface area contributed by atoms with Crippen molar-refractivity contribution in [3.8, 4) is 5.75 Å². The van der Waals surface area contributed by atoms with Crippen molar-refractivity contribution in [1.29, 1.82) is 0 Å². The molecule has 2 amide bonds. The van der Waals surface area contributed by atoms with E-state index in [1.807, 2.05) is 6.92 Å². The fraction of sp³-hybridized carbons (Fsp3) is 0.481. The van der Waals surface area contributed by atoms with E-state index in [9.17, 15) is 14.7 Å². The minimum absolute atomic E-state index is 0.0119. The quantitative estimate of drug-likeness (QED) is 0.363. The smallest absolute Gasteiger partial charge is 0.244 e. The monoisotopic (exact) mass is 511 g/mol. The molecule has 2 aliphatic rings. The molecule has 5 N–H and O–H groups in total. The van der Waals surface area contributed by atoms with Crippen LogP contribution in [0.5, 0.6) is 5.75 Å². The van der Waals surface area contributed by atoms with Crippen molar-refractivity contribution in [3.63, 3.8) is 0 Å². The number of thioether (sulfide) groups is 1. The highest BCUT2D eigenvalue weighted by Gasteiger charge is 2.44. The second kappa shape index (κ2) is 12.0. The maximum absolute atomic E-state index is 13.1. The number of benzene rings is 2. The number of rotatable bonds is 10. The van der Waals surface area contributed by atoms with E-state index in [1.54, 1.807) is 24.0 Å². The summed E-state index contributed by atoms with van der Waals surface area (Å²) in [5.41, 5.74) is 9.69. The molecule has 2 fully saturated rings. The van der Waals surface area contributed by atoms with E-state index in [0.717, 1.165) is 24.2 Å². The highest BCUT2D eigenvalue weighted by atomic mass is 32.2. The largest absolute Gasteiger partial charge is 0.506 e. The SMILES string of the molecule is CCN1C(=O)[C@@H](CNc2ccc(CCN3CCCC3)cc2)SC1[C@H](N)C(=O)Nc1c(C)cccc1O. The molecule has 8 nitrogen and oxygen atoms in total. The molecule has 0 radical (unpaired) electrons. The third kappa shape index (κ3) is 6.14. The van der Waals surface area contributed by atoms with Crippen LogP contribution in [0.25, 0.3) is 0 Å². The van der Waals surface area contributed by atoms with E-state index in [2.05, 4.69) is 39.8 Å². The zero-order chi connectivity index (χ0) is 25.7. The maximum atomic E-state index is 13.1. The Morgan fingerprint density at radius 2 is 1.92 bits per heavy atom. The van der Waals surface area contributed by atoms with Gasteiger partial charge in [-0.15, -0.1) is 11.8 Å². The minimum Gasteiger partial charge on any atom is -0.506 e. The van der Waals surface area contributed by atoms with Crippen LogP contribution in [0.4, 0.5) is 11.4 Å². The summed E-state index contributed by atoms with van der Waals surface area (Å²) in [6, 6.07) is 12.5. The van der Waals surface area contributed by atoms with Crippen molar-refractivity contribution in [1.82, 2.24) is 9.80 Å². The van der Waals surface area contributed by atoms with Crippen LogP contribution in [0.1, 0.15) is 30.9 Å². The molecule has 36 heavy (non-hydrogen) atoms. The summed E-state index contributed by atoms with van der Waals surface area (Å²) < 4.78 is 0. The molecule has 4 rings (SSSR count). The molecule has 2 aromatic rings. The molecule has 2 aromatic carbocycles. The highest BCUT2D eigenvalue weighted by Crippen LogP contribution is 2.34. The van der Waals surface area contributed by atoms with Gasteiger partial charge in [0.1, 0.15) is 22.4 Å². The van der Waals surface area contributed by atoms with Crippen LogP contribution in [-0.2, 0) is 16.0 Å². The fourth-order valence-electron chi connectivity index (χ4n) is 4.80. The molecular formula is C27H37N5O3S. The van der Waals surface area contributed by atoms with Crippen LogP contribution in [0.2, 0.25) is 0 Å². The number of nitrogens with zero attached hydrogens (tertiary/aromatic N) is 2. The van der Waals surface area contributed by atoms with Crippen molar-refractivity contribution < 1.29 is 14.7 Å². The summed E-state index contributed by atoms with van der Waals surface area (Å²) in [4.78, 5) is 30.2. The van der Waals surface area contributed by atoms with Gasteiger partial charge in [-0.05, 0) is 75.5 Å². The Hall–Kier alpha value is -2.75. The maximum Gasteiger partial charge on any atom is 0.244 e. The molecule has 3 atom stereocenters. The first-order valence-corrected chi connectivity index (χ1v) is 13.7. The molecule has 194 valence electrons. The van der Waals surface area contributed by atoms with Crippen LogP contribution in [-0.4, -0.2) is 76.1 Å². The Morgan fingerprint density at radius 1 is 1.19 bits per heavy atom. The number of anilines is 2. The first kappa shape index (κ1) is 26.3. The van der Waals surface area contributed by atoms with Gasteiger partial charge in [-0.2, -0.15) is 0 Å². The summed E-state index contributed by atoms with van der Waals surface area (Å²) in [6.45, 7) is 8.14. The lowest BCUT2D eigenvalue weighted by molar-refractivity contribution is -0.130. The fourth-order valence-corrected chi connectivity index (χ4v) is 6.26. The number of para-hydroxylation sites is 1. The number of hydrogen-bond donors (Lipinski definition) is 4. The van der Waals surface area contributed by atoms with Crippen molar-refractivity contribution in [3.05, 3.63) is 53.6 Å². The number of likely N-dealkylation sites (tertiary alicyclic amines) is 1. The highest BCUT2D eigenvalue weighted by molar-refractivity contribution is 8.01. The number of hydrogen-bond acceptors (Lipinski definition) is 7. The number of likely N-dealkylation sites (N-methyl/N-ethyl adjacent to an activating group) is 1. The number of aromatic hydroxyl groups is 1. The number of phenolic OH excluding ortho intramolecular Hbond substituents is 1. The van der Waals surface area contributed by atoms with Crippen molar-refractivity contribution in [2.75, 3.05) is 43.4 Å². The van der Waals surface area contributed by atoms with Crippen LogP contribution in [0.3, 0.4) is 0 Å². The van der Waals surface area contributed by atoms with E-state index in [1.165, 1.54) is 49.3 Å². The van der Waals surface area contributed by atoms with Crippen LogP contribution < -0.4 is 16.4 Å². The van der Waals surface area contributed by atoms with E-state index in [-0.39, 0.29) is 16.9 Å². The molecule has 0 saturated carbocycles. The summed E-state index contributed by atoms with van der Waals surface area (Å²) >= 11 is 1.41. The molecular weight excluding hydrogens is 474 g/mol. The van der Waals surface area contributed by atoms with Gasteiger partial charge in [-0.3, -0.25) is 9.59 Å². The van der Waals surface area contributed by atoms with Gasteiger partial charge >= 0.3 is 0 Å². The summed E-state index contributed by atoms with van der Waals surface area (Å²) in [6.07, 6.45) is 3.66. The Morgan fingerprint density at radius 3 is 2.58 bits per heavy atom. The van der Waals surface area contributed by atoms with Gasteiger partial charge in [0.25, 0.3) is 0 Å². The molecule has 2 aliphatic heterocycles. The van der Waals surface area contributed by atoms with Crippen LogP contribution >= 0.6 is 11.8 Å². The summed E-state index contributed by atoms with van der Waals surface area (Å²) in [5.74, 6) is -0.465. The first-order valence-electron chi connectivity index (χ1n) is 12.7. The molecule has 2 saturated heterocycles. The molecule has 1 unspecified atom stereocenters. The summed E-state index contributed by atoms with van der Waals surface area (Å²) in [7, 11) is 0. The zero-order valence-electron chi connectivity index (χ0n) is 21.1. The number of carbonyl (C=O) groups is 2. The molecule has 0 aliphatic carbocycles. The molecule has 0 aromatic heterocycles. The Kier molecular flexibility index (Phi) is 8.77. The predicted octanol–water partition coefficient (Wildman–Crippen LogP) is 3.01. The summed E-state index contributed by atoms with van der Waals surface area (Å²) in [5, 5.41) is 15.4. The minimum atomic E-state index is -0.933. The second-order valence-corrected chi connectivity index (χ2v) is 10.8. The van der Waals surface area contributed by atoms with Gasteiger partial charge in [0.15, 0.2) is 0 Å². The molecule has 9 heteroatoms. The normalized spacial score (nSPS) is 21.1. The first-order chi connectivity index (χ1) is 17.4. The Labute approximate surface area is 217 Å². The topological polar surface area (TPSA) is 111 Å². The molecule has 0 bridgehead atoms.